The van der Waals surface area contributed by atoms with Gasteiger partial charge in [-0.05, 0) is 49.4 Å². The molecule has 0 aromatic heterocycles. The first kappa shape index (κ1) is 28.6. The molecule has 0 aliphatic carbocycles. The van der Waals surface area contributed by atoms with Gasteiger partial charge in [0.2, 0.25) is 5.91 Å². The molecule has 0 aliphatic heterocycles. The number of halogens is 3. The quantitative estimate of drug-likeness (QED) is 0.354. The number of benzene rings is 3. The van der Waals surface area contributed by atoms with E-state index in [2.05, 4.69) is 5.32 Å². The molecule has 1 amide bonds. The van der Waals surface area contributed by atoms with Crippen molar-refractivity contribution in [2.24, 2.45) is 0 Å². The molecule has 12 heteroatoms. The van der Waals surface area contributed by atoms with Gasteiger partial charge in [-0.25, -0.2) is 8.42 Å². The second-order valence-electron chi connectivity index (χ2n) is 8.09. The van der Waals surface area contributed by atoms with Crippen LogP contribution in [0.25, 0.3) is 0 Å². The van der Waals surface area contributed by atoms with Crippen molar-refractivity contribution >= 4 is 21.6 Å². The Morgan fingerprint density at radius 1 is 0.947 bits per heavy atom. The molecule has 0 unspecified atom stereocenters. The Morgan fingerprint density at radius 3 is 2.26 bits per heavy atom. The smallest absolute Gasteiger partial charge is 0.416 e. The number of hydrogen-bond donors (Lipinski definition) is 1. The van der Waals surface area contributed by atoms with Crippen LogP contribution in [0.2, 0.25) is 0 Å². The summed E-state index contributed by atoms with van der Waals surface area (Å²) in [4.78, 5) is 12.4. The number of carbonyl (C=O) groups excluding carboxylic acids is 1. The summed E-state index contributed by atoms with van der Waals surface area (Å²) in [5.41, 5.74) is -0.342. The number of alkyl halides is 3. The van der Waals surface area contributed by atoms with Crippen LogP contribution in [0, 0.1) is 6.92 Å². The second-order valence-corrected chi connectivity index (χ2v) is 9.95. The van der Waals surface area contributed by atoms with E-state index in [9.17, 15) is 26.4 Å². The van der Waals surface area contributed by atoms with Gasteiger partial charge in [-0.15, -0.1) is 0 Å². The Hall–Kier alpha value is -3.93. The van der Waals surface area contributed by atoms with Crippen molar-refractivity contribution in [1.82, 2.24) is 5.32 Å². The number of sulfonamides is 1. The first-order chi connectivity index (χ1) is 18.0. The molecule has 0 aliphatic rings. The first-order valence-electron chi connectivity index (χ1n) is 11.3. The predicted molar refractivity (Wildman–Crippen MR) is 135 cm³/mol. The third-order valence-corrected chi connectivity index (χ3v) is 7.18. The monoisotopic (exact) mass is 552 g/mol. The number of ether oxygens (including phenoxy) is 3. The van der Waals surface area contributed by atoms with Gasteiger partial charge >= 0.3 is 6.18 Å². The molecule has 0 fully saturated rings. The number of methoxy groups -OCH3 is 2. The van der Waals surface area contributed by atoms with E-state index in [-0.39, 0.29) is 35.2 Å². The number of aryl methyl sites for hydroxylation is 1. The van der Waals surface area contributed by atoms with Crippen LogP contribution in [-0.4, -0.2) is 48.2 Å². The number of nitrogens with zero attached hydrogens (tertiary/aromatic N) is 1. The lowest BCUT2D eigenvalue weighted by Gasteiger charge is -2.25. The molecular formula is C26H27F3N2O6S. The van der Waals surface area contributed by atoms with Crippen LogP contribution in [0.3, 0.4) is 0 Å². The van der Waals surface area contributed by atoms with E-state index < -0.39 is 34.2 Å². The zero-order valence-corrected chi connectivity index (χ0v) is 21.7. The molecule has 1 N–H and O–H groups in total. The van der Waals surface area contributed by atoms with Crippen LogP contribution in [0.5, 0.6) is 17.2 Å². The number of nitrogens with one attached hydrogen (secondary N) is 1. The van der Waals surface area contributed by atoms with E-state index in [1.165, 1.54) is 38.5 Å². The second kappa shape index (κ2) is 12.1. The van der Waals surface area contributed by atoms with Crippen molar-refractivity contribution in [3.63, 3.8) is 0 Å². The fraction of sp³-hybridized carbons (Fsp3) is 0.269. The number of amides is 1. The molecular weight excluding hydrogens is 525 g/mol. The van der Waals surface area contributed by atoms with Gasteiger partial charge in [-0.3, -0.25) is 9.10 Å². The highest BCUT2D eigenvalue weighted by molar-refractivity contribution is 7.92. The molecule has 8 nitrogen and oxygen atoms in total. The molecule has 3 rings (SSSR count). The maximum absolute atomic E-state index is 13.6. The first-order valence-corrected chi connectivity index (χ1v) is 12.8. The minimum atomic E-state index is -4.72. The van der Waals surface area contributed by atoms with Crippen LogP contribution < -0.4 is 23.8 Å². The average Bonchev–Trinajstić information content (AvgIpc) is 2.89. The summed E-state index contributed by atoms with van der Waals surface area (Å²) in [6, 6.07) is 14.7. The number of anilines is 1. The summed E-state index contributed by atoms with van der Waals surface area (Å²) in [6.45, 7) is 1.29. The molecule has 3 aromatic carbocycles. The van der Waals surface area contributed by atoms with Crippen LogP contribution in [-0.2, 0) is 21.0 Å². The zero-order chi connectivity index (χ0) is 27.9. The van der Waals surface area contributed by atoms with Crippen LogP contribution in [0.4, 0.5) is 18.9 Å². The van der Waals surface area contributed by atoms with Gasteiger partial charge < -0.3 is 19.5 Å². The molecule has 204 valence electrons. The van der Waals surface area contributed by atoms with Crippen molar-refractivity contribution in [2.45, 2.75) is 18.0 Å². The van der Waals surface area contributed by atoms with E-state index in [0.29, 0.717) is 16.1 Å². The Balaban J connectivity index is 1.85. The van der Waals surface area contributed by atoms with Gasteiger partial charge in [0, 0.05) is 6.07 Å². The lowest BCUT2D eigenvalue weighted by atomic mass is 10.2. The normalized spacial score (nSPS) is 11.5. The van der Waals surface area contributed by atoms with Gasteiger partial charge in [0.25, 0.3) is 10.0 Å². The van der Waals surface area contributed by atoms with Gasteiger partial charge in [0.05, 0.1) is 36.9 Å². The lowest BCUT2D eigenvalue weighted by Crippen LogP contribution is -2.42. The van der Waals surface area contributed by atoms with Crippen molar-refractivity contribution in [3.05, 3.63) is 77.9 Å². The van der Waals surface area contributed by atoms with Crippen molar-refractivity contribution in [2.75, 3.05) is 38.2 Å². The Labute approximate surface area is 219 Å². The number of carbonyl (C=O) groups is 1. The van der Waals surface area contributed by atoms with E-state index in [4.69, 9.17) is 14.2 Å². The minimum absolute atomic E-state index is 0.0412. The van der Waals surface area contributed by atoms with Crippen LogP contribution in [0.1, 0.15) is 11.1 Å². The zero-order valence-electron chi connectivity index (χ0n) is 20.9. The standard InChI is InChI=1S/C26H27F3N2O6S/c1-18-7-9-21(10-8-18)37-14-13-30-25(32)17-31(20-6-4-5-19(15-20)26(27,28)29)38(33,34)22-11-12-23(35-2)24(16-22)36-3/h4-12,15-16H,13-14,17H2,1-3H3,(H,30,32). The summed E-state index contributed by atoms with van der Waals surface area (Å²) in [5, 5.41) is 2.54. The summed E-state index contributed by atoms with van der Waals surface area (Å²) in [5.74, 6) is 0.198. The Bertz CT molecular complexity index is 1360. The van der Waals surface area contributed by atoms with E-state index >= 15 is 0 Å². The van der Waals surface area contributed by atoms with Crippen molar-refractivity contribution < 1.29 is 40.6 Å². The summed E-state index contributed by atoms with van der Waals surface area (Å²) in [7, 11) is -1.83. The maximum atomic E-state index is 13.6. The topological polar surface area (TPSA) is 94.2 Å². The van der Waals surface area contributed by atoms with Crippen LogP contribution in [0.15, 0.2) is 71.6 Å². The highest BCUT2D eigenvalue weighted by Crippen LogP contribution is 2.35. The van der Waals surface area contributed by atoms with E-state index in [0.717, 1.165) is 17.7 Å². The molecule has 0 bridgehead atoms. The highest BCUT2D eigenvalue weighted by Gasteiger charge is 2.33. The fourth-order valence-electron chi connectivity index (χ4n) is 3.44. The summed E-state index contributed by atoms with van der Waals surface area (Å²) in [6.07, 6.45) is -4.72. The molecule has 3 aromatic rings. The van der Waals surface area contributed by atoms with Gasteiger partial charge in [0.15, 0.2) is 11.5 Å². The van der Waals surface area contributed by atoms with Gasteiger partial charge in [0.1, 0.15) is 18.9 Å². The molecule has 0 heterocycles. The fourth-order valence-corrected chi connectivity index (χ4v) is 4.87. The number of hydrogen-bond acceptors (Lipinski definition) is 6. The molecule has 0 saturated carbocycles. The Morgan fingerprint density at radius 2 is 1.63 bits per heavy atom. The molecule has 38 heavy (non-hydrogen) atoms. The molecule has 0 spiro atoms. The van der Waals surface area contributed by atoms with E-state index in [1.54, 1.807) is 12.1 Å². The van der Waals surface area contributed by atoms with Crippen molar-refractivity contribution in [3.8, 4) is 17.2 Å². The molecule has 0 atom stereocenters. The number of rotatable bonds is 11. The Kier molecular flexibility index (Phi) is 9.10. The van der Waals surface area contributed by atoms with Gasteiger partial charge in [-0.1, -0.05) is 23.8 Å². The highest BCUT2D eigenvalue weighted by atomic mass is 32.2. The van der Waals surface area contributed by atoms with Crippen LogP contribution >= 0.6 is 0 Å². The average molecular weight is 553 g/mol. The van der Waals surface area contributed by atoms with Crippen molar-refractivity contribution in [1.29, 1.82) is 0 Å². The summed E-state index contributed by atoms with van der Waals surface area (Å²) < 4.78 is 83.7. The molecule has 0 radical (unpaired) electrons. The summed E-state index contributed by atoms with van der Waals surface area (Å²) >= 11 is 0. The lowest BCUT2D eigenvalue weighted by molar-refractivity contribution is -0.137. The molecule has 0 saturated heterocycles. The predicted octanol–water partition coefficient (Wildman–Crippen LogP) is 4.42. The minimum Gasteiger partial charge on any atom is -0.493 e. The van der Waals surface area contributed by atoms with E-state index in [1.807, 2.05) is 19.1 Å². The third kappa shape index (κ3) is 7.09. The largest absolute Gasteiger partial charge is 0.493 e. The maximum Gasteiger partial charge on any atom is 0.416 e. The van der Waals surface area contributed by atoms with Gasteiger partial charge in [-0.2, -0.15) is 13.2 Å². The SMILES string of the molecule is COc1ccc(S(=O)(=O)N(CC(=O)NCCOc2ccc(C)cc2)c2cccc(C(F)(F)F)c2)cc1OC. The third-order valence-electron chi connectivity index (χ3n) is 5.41.